The van der Waals surface area contributed by atoms with Gasteiger partial charge in [0.15, 0.2) is 0 Å². The van der Waals surface area contributed by atoms with Gasteiger partial charge >= 0.3 is 5.69 Å². The zero-order valence-corrected chi connectivity index (χ0v) is 12.7. The Hall–Kier alpha value is -3.34. The van der Waals surface area contributed by atoms with Gasteiger partial charge in [0.05, 0.1) is 11.5 Å². The quantitative estimate of drug-likeness (QED) is 0.359. The first-order valence-corrected chi connectivity index (χ1v) is 6.82. The molecule has 0 atom stereocenters. The third-order valence-corrected chi connectivity index (χ3v) is 2.84. The highest BCUT2D eigenvalue weighted by atomic mass is 16.6. The van der Waals surface area contributed by atoms with E-state index in [0.29, 0.717) is 18.7 Å². The summed E-state index contributed by atoms with van der Waals surface area (Å²) < 4.78 is 4.87. The number of pyridine rings is 1. The lowest BCUT2D eigenvalue weighted by molar-refractivity contribution is -0.383. The van der Waals surface area contributed by atoms with Gasteiger partial charge in [0.2, 0.25) is 11.6 Å². The van der Waals surface area contributed by atoms with Gasteiger partial charge in [0.25, 0.3) is 5.91 Å². The number of methoxy groups -OCH3 is 1. The SMILES string of the molecule is COCCNc1ncnc(NNC(=O)c2ccncc2)c1[N+](=O)[O-]. The molecule has 0 aromatic carbocycles. The first-order valence-electron chi connectivity index (χ1n) is 6.82. The second kappa shape index (κ2) is 8.33. The van der Waals surface area contributed by atoms with Crippen molar-refractivity contribution in [1.82, 2.24) is 20.4 Å². The monoisotopic (exact) mass is 333 g/mol. The number of hydrazine groups is 1. The fourth-order valence-electron chi connectivity index (χ4n) is 1.74. The van der Waals surface area contributed by atoms with Crippen LogP contribution in [0.3, 0.4) is 0 Å². The Kier molecular flexibility index (Phi) is 5.91. The number of carbonyl (C=O) groups is 1. The van der Waals surface area contributed by atoms with Crippen LogP contribution in [0.5, 0.6) is 0 Å². The molecule has 24 heavy (non-hydrogen) atoms. The molecule has 0 spiro atoms. The number of hydrogen-bond acceptors (Lipinski definition) is 9. The molecule has 2 heterocycles. The summed E-state index contributed by atoms with van der Waals surface area (Å²) >= 11 is 0. The van der Waals surface area contributed by atoms with Crippen LogP contribution in [0.25, 0.3) is 0 Å². The van der Waals surface area contributed by atoms with Crippen molar-refractivity contribution in [2.24, 2.45) is 0 Å². The summed E-state index contributed by atoms with van der Waals surface area (Å²) in [6, 6.07) is 3.01. The van der Waals surface area contributed by atoms with E-state index in [1.54, 1.807) is 0 Å². The van der Waals surface area contributed by atoms with Crippen LogP contribution in [0.4, 0.5) is 17.3 Å². The highest BCUT2D eigenvalue weighted by molar-refractivity contribution is 5.94. The van der Waals surface area contributed by atoms with Crippen molar-refractivity contribution in [3.8, 4) is 0 Å². The van der Waals surface area contributed by atoms with Gasteiger partial charge in [0, 0.05) is 31.6 Å². The van der Waals surface area contributed by atoms with E-state index in [-0.39, 0.29) is 17.3 Å². The molecule has 3 N–H and O–H groups in total. The van der Waals surface area contributed by atoms with E-state index in [2.05, 4.69) is 31.1 Å². The molecule has 0 aliphatic carbocycles. The lowest BCUT2D eigenvalue weighted by Crippen LogP contribution is -2.30. The number of carbonyl (C=O) groups excluding carboxylic acids is 1. The summed E-state index contributed by atoms with van der Waals surface area (Å²) in [5, 5.41) is 14.1. The molecule has 0 aliphatic rings. The van der Waals surface area contributed by atoms with E-state index in [1.807, 2.05) is 0 Å². The molecule has 0 aliphatic heterocycles. The number of rotatable bonds is 8. The Morgan fingerprint density at radius 2 is 2.00 bits per heavy atom. The van der Waals surface area contributed by atoms with Gasteiger partial charge in [-0.3, -0.25) is 30.7 Å². The topological polar surface area (TPSA) is 144 Å². The van der Waals surface area contributed by atoms with Crippen molar-refractivity contribution in [1.29, 1.82) is 0 Å². The molecular weight excluding hydrogens is 318 g/mol. The number of aromatic nitrogens is 3. The van der Waals surface area contributed by atoms with Crippen molar-refractivity contribution in [2.75, 3.05) is 31.0 Å². The second-order valence-corrected chi connectivity index (χ2v) is 4.41. The highest BCUT2D eigenvalue weighted by Crippen LogP contribution is 2.28. The summed E-state index contributed by atoms with van der Waals surface area (Å²) in [4.78, 5) is 34.0. The Balaban J connectivity index is 2.13. The van der Waals surface area contributed by atoms with Gasteiger partial charge in [-0.05, 0) is 12.1 Å². The maximum atomic E-state index is 11.9. The van der Waals surface area contributed by atoms with Crippen molar-refractivity contribution in [2.45, 2.75) is 0 Å². The second-order valence-electron chi connectivity index (χ2n) is 4.41. The molecule has 0 saturated heterocycles. The van der Waals surface area contributed by atoms with Gasteiger partial charge in [-0.25, -0.2) is 9.97 Å². The number of hydrogen-bond donors (Lipinski definition) is 3. The number of anilines is 2. The zero-order chi connectivity index (χ0) is 17.4. The highest BCUT2D eigenvalue weighted by Gasteiger charge is 2.23. The number of nitrogens with zero attached hydrogens (tertiary/aromatic N) is 4. The molecule has 0 saturated carbocycles. The summed E-state index contributed by atoms with van der Waals surface area (Å²) in [5.41, 5.74) is 4.74. The standard InChI is InChI=1S/C13H15N7O4/c1-24-7-6-15-11-10(20(22)23)12(17-8-16-11)18-19-13(21)9-2-4-14-5-3-9/h2-5,8H,6-7H2,1H3,(H,19,21)(H2,15,16,17,18). The maximum Gasteiger partial charge on any atom is 0.354 e. The van der Waals surface area contributed by atoms with E-state index in [0.717, 1.165) is 6.33 Å². The van der Waals surface area contributed by atoms with Crippen LogP contribution >= 0.6 is 0 Å². The molecule has 2 aromatic rings. The van der Waals surface area contributed by atoms with Gasteiger partial charge in [-0.2, -0.15) is 0 Å². The van der Waals surface area contributed by atoms with Crippen LogP contribution in [-0.2, 0) is 4.74 Å². The van der Waals surface area contributed by atoms with E-state index >= 15 is 0 Å². The number of nitrogens with one attached hydrogen (secondary N) is 3. The fraction of sp³-hybridized carbons (Fsp3) is 0.231. The van der Waals surface area contributed by atoms with Crippen molar-refractivity contribution >= 4 is 23.2 Å². The lowest BCUT2D eigenvalue weighted by Gasteiger charge is -2.10. The minimum Gasteiger partial charge on any atom is -0.383 e. The predicted molar refractivity (Wildman–Crippen MR) is 84.4 cm³/mol. The molecule has 11 nitrogen and oxygen atoms in total. The molecule has 0 bridgehead atoms. The maximum absolute atomic E-state index is 11.9. The van der Waals surface area contributed by atoms with E-state index in [4.69, 9.17) is 4.74 Å². The molecule has 1 amide bonds. The van der Waals surface area contributed by atoms with Crippen LogP contribution < -0.4 is 16.2 Å². The largest absolute Gasteiger partial charge is 0.383 e. The Morgan fingerprint density at radius 3 is 2.67 bits per heavy atom. The summed E-state index contributed by atoms with van der Waals surface area (Å²) in [6.07, 6.45) is 4.06. The van der Waals surface area contributed by atoms with Crippen LogP contribution in [0, 0.1) is 10.1 Å². The first-order chi connectivity index (χ1) is 11.6. The molecule has 0 unspecified atom stereocenters. The number of amides is 1. The van der Waals surface area contributed by atoms with Gasteiger partial charge < -0.3 is 10.1 Å². The van der Waals surface area contributed by atoms with E-state index in [1.165, 1.54) is 31.6 Å². The zero-order valence-electron chi connectivity index (χ0n) is 12.7. The Labute approximate surface area is 136 Å². The fourth-order valence-corrected chi connectivity index (χ4v) is 1.74. The summed E-state index contributed by atoms with van der Waals surface area (Å²) in [7, 11) is 1.51. The minimum atomic E-state index is -0.643. The molecule has 0 fully saturated rings. The summed E-state index contributed by atoms with van der Waals surface area (Å²) in [5.74, 6) is -0.607. The van der Waals surface area contributed by atoms with Crippen LogP contribution in [0.15, 0.2) is 30.9 Å². The Bertz CT molecular complexity index is 711. The van der Waals surface area contributed by atoms with Gasteiger partial charge in [-0.1, -0.05) is 0 Å². The van der Waals surface area contributed by atoms with Crippen molar-refractivity contribution in [3.05, 3.63) is 46.5 Å². The van der Waals surface area contributed by atoms with E-state index in [9.17, 15) is 14.9 Å². The van der Waals surface area contributed by atoms with E-state index < -0.39 is 10.8 Å². The average molecular weight is 333 g/mol. The minimum absolute atomic E-state index is 0.0210. The van der Waals surface area contributed by atoms with Gasteiger partial charge in [0.1, 0.15) is 6.33 Å². The van der Waals surface area contributed by atoms with Crippen molar-refractivity contribution < 1.29 is 14.5 Å². The molecule has 2 aromatic heterocycles. The number of nitro groups is 1. The predicted octanol–water partition coefficient (Wildman–Crippen LogP) is 0.595. The number of ether oxygens (including phenoxy) is 1. The molecule has 0 radical (unpaired) electrons. The average Bonchev–Trinajstić information content (AvgIpc) is 2.60. The summed E-state index contributed by atoms with van der Waals surface area (Å²) in [6.45, 7) is 0.680. The molecule has 11 heteroatoms. The Morgan fingerprint density at radius 1 is 1.29 bits per heavy atom. The lowest BCUT2D eigenvalue weighted by atomic mass is 10.3. The third-order valence-electron chi connectivity index (χ3n) is 2.84. The van der Waals surface area contributed by atoms with Crippen LogP contribution in [0.2, 0.25) is 0 Å². The van der Waals surface area contributed by atoms with Crippen LogP contribution in [0.1, 0.15) is 10.4 Å². The molecular formula is C13H15N7O4. The van der Waals surface area contributed by atoms with Crippen molar-refractivity contribution in [3.63, 3.8) is 0 Å². The first kappa shape index (κ1) is 17.0. The third kappa shape index (κ3) is 4.33. The smallest absolute Gasteiger partial charge is 0.354 e. The van der Waals surface area contributed by atoms with Crippen LogP contribution in [-0.4, -0.2) is 46.0 Å². The molecule has 2 rings (SSSR count). The molecule has 126 valence electrons. The normalized spacial score (nSPS) is 10.0. The van der Waals surface area contributed by atoms with Gasteiger partial charge in [-0.15, -0.1) is 0 Å².